The smallest absolute Gasteiger partial charge is 0.418 e. The van der Waals surface area contributed by atoms with Gasteiger partial charge in [-0.05, 0) is 121 Å². The number of amidine groups is 1. The van der Waals surface area contributed by atoms with Gasteiger partial charge in [-0.2, -0.15) is 13.2 Å². The Morgan fingerprint density at radius 3 is 1.86 bits per heavy atom. The Kier molecular flexibility index (Phi) is 17.1. The number of hydrogen-bond donors (Lipinski definition) is 1. The monoisotopic (exact) mass is 1170 g/mol. The molecule has 7 aromatic rings. The van der Waals surface area contributed by atoms with Crippen molar-refractivity contribution in [3.63, 3.8) is 0 Å². The number of pyridine rings is 2. The molecule has 1 N–H and O–H groups in total. The van der Waals surface area contributed by atoms with Gasteiger partial charge >= 0.3 is 12.1 Å². The van der Waals surface area contributed by atoms with Crippen LogP contribution < -0.4 is 38.8 Å². The number of alkyl halides is 3. The second-order valence-electron chi connectivity index (χ2n) is 21.1. The summed E-state index contributed by atoms with van der Waals surface area (Å²) in [6.45, 7) is 6.74. The average molecular weight is 1170 g/mol. The molecule has 2 saturated heterocycles. The first-order valence-electron chi connectivity index (χ1n) is 27.7. The van der Waals surface area contributed by atoms with E-state index in [4.69, 9.17) is 59.7 Å². The second-order valence-corrected chi connectivity index (χ2v) is 21.5. The standard InChI is InChI=1S/C64H65ClF4N8O7/c1-39-27-53(75(33-43-11-21-51(80-5)22-12-43)34-44-13-23-52(81-6)24-14-44)73-60(57(39)64(67,68)69)55-58(65)61-56-62(59(55)66)84-54(83-37-47-16-15-46-36-82-26-25-76(46)47)35-77(63(56)72-38-71-61)40(2)45-28-48(30-70-29-45)74(31-41-7-17-49(78-3)18-8-41)32-42-9-19-50(79-4)20-10-42/h7-14,17-24,27-30,35,40,46-47,71H,15-16,25-26,31-34,36-38H2,1-6H3/t40?,46-,47-/m0/s1. The molecule has 0 saturated carbocycles. The maximum atomic E-state index is 18.5. The third-order valence-corrected chi connectivity index (χ3v) is 16.3. The van der Waals surface area contributed by atoms with Gasteiger partial charge in [0, 0.05) is 51.0 Å². The molecule has 15 nitrogen and oxygen atoms in total. The molecule has 0 radical (unpaired) electrons. The van der Waals surface area contributed by atoms with Crippen LogP contribution in [0.5, 0.6) is 28.7 Å². The number of aryl methyl sites for hydroxylation is 1. The normalized spacial score (nSPS) is 16.9. The van der Waals surface area contributed by atoms with Crippen molar-refractivity contribution in [3.8, 4) is 40.0 Å². The number of rotatable bonds is 20. The Morgan fingerprint density at radius 2 is 1.31 bits per heavy atom. The largest absolute Gasteiger partial charge is 0.497 e. The topological polar surface area (TPSA) is 128 Å². The number of ether oxygens (including phenoxy) is 7. The Labute approximate surface area is 491 Å². The van der Waals surface area contributed by atoms with E-state index >= 15 is 17.6 Å². The van der Waals surface area contributed by atoms with Crippen LogP contribution in [0.3, 0.4) is 0 Å². The first kappa shape index (κ1) is 57.6. The number of methoxy groups -OCH3 is 4. The summed E-state index contributed by atoms with van der Waals surface area (Å²) in [4.78, 5) is 22.7. The number of morpholine rings is 1. The van der Waals surface area contributed by atoms with E-state index in [9.17, 15) is 0 Å². The molecule has 4 aliphatic heterocycles. The van der Waals surface area contributed by atoms with Crippen molar-refractivity contribution in [2.75, 3.05) is 76.6 Å². The van der Waals surface area contributed by atoms with Crippen molar-refractivity contribution in [3.05, 3.63) is 189 Å². The fourth-order valence-electron chi connectivity index (χ4n) is 11.4. The fourth-order valence-corrected chi connectivity index (χ4v) is 11.8. The van der Waals surface area contributed by atoms with Crippen LogP contribution in [0.15, 0.2) is 139 Å². The summed E-state index contributed by atoms with van der Waals surface area (Å²) in [6, 6.07) is 33.5. The maximum Gasteiger partial charge on any atom is 0.418 e. The SMILES string of the molecule is COc1ccc(CN(Cc2ccc(OC)cc2)c2cncc(C(C)N3C=C(OC[C@@H]4CC[C@H]5COCCN54)Oc4c(F)c(-c5nc(N(Cc6ccc(OC)cc6)Cc6ccc(OC)cc6)cc(C)c5C(F)(F)F)c(Cl)c5c4C3=NCN5)c2)cc1. The zero-order valence-corrected chi connectivity index (χ0v) is 48.3. The quantitative estimate of drug-likeness (QED) is 0.0727. The van der Waals surface area contributed by atoms with E-state index in [-0.39, 0.29) is 77.9 Å². The highest BCUT2D eigenvalue weighted by Crippen LogP contribution is 2.51. The summed E-state index contributed by atoms with van der Waals surface area (Å²) < 4.78 is 107. The minimum absolute atomic E-state index is 0.0185. The number of nitrogens with one attached hydrogen (secondary N) is 1. The Balaban J connectivity index is 1.02. The Morgan fingerprint density at radius 1 is 0.750 bits per heavy atom. The van der Waals surface area contributed by atoms with Gasteiger partial charge in [-0.3, -0.25) is 9.88 Å². The lowest BCUT2D eigenvalue weighted by atomic mass is 9.95. The number of hydrogen-bond acceptors (Lipinski definition) is 15. The minimum Gasteiger partial charge on any atom is -0.497 e. The molecule has 2 aromatic heterocycles. The number of aliphatic imine (C=N–C) groups is 1. The van der Waals surface area contributed by atoms with Crippen molar-refractivity contribution >= 4 is 34.6 Å². The van der Waals surface area contributed by atoms with Crippen molar-refractivity contribution in [1.29, 1.82) is 0 Å². The molecule has 1 unspecified atom stereocenters. The van der Waals surface area contributed by atoms with E-state index in [2.05, 4.69) is 15.1 Å². The van der Waals surface area contributed by atoms with Gasteiger partial charge in [0.05, 0.1) is 98.9 Å². The van der Waals surface area contributed by atoms with Gasteiger partial charge < -0.3 is 53.2 Å². The van der Waals surface area contributed by atoms with Gasteiger partial charge in [0.15, 0.2) is 11.6 Å². The van der Waals surface area contributed by atoms with Crippen molar-refractivity contribution in [1.82, 2.24) is 19.8 Å². The van der Waals surface area contributed by atoms with Crippen LogP contribution in [0.4, 0.5) is 34.8 Å². The van der Waals surface area contributed by atoms with Gasteiger partial charge in [0.25, 0.3) is 0 Å². The summed E-state index contributed by atoms with van der Waals surface area (Å²) >= 11 is 7.41. The van der Waals surface area contributed by atoms with Crippen LogP contribution >= 0.6 is 11.6 Å². The van der Waals surface area contributed by atoms with E-state index in [1.54, 1.807) is 65.1 Å². The van der Waals surface area contributed by atoms with Gasteiger partial charge in [0.1, 0.15) is 47.9 Å². The van der Waals surface area contributed by atoms with Crippen LogP contribution in [0, 0.1) is 12.7 Å². The van der Waals surface area contributed by atoms with E-state index in [1.165, 1.54) is 13.0 Å². The van der Waals surface area contributed by atoms with Crippen LogP contribution in [0.1, 0.15) is 70.3 Å². The molecule has 0 aliphatic carbocycles. The highest BCUT2D eigenvalue weighted by molar-refractivity contribution is 6.37. The number of halogens is 5. The predicted molar refractivity (Wildman–Crippen MR) is 315 cm³/mol. The van der Waals surface area contributed by atoms with Crippen LogP contribution in [-0.4, -0.2) is 99.2 Å². The summed E-state index contributed by atoms with van der Waals surface area (Å²) in [5.74, 6) is 1.40. The van der Waals surface area contributed by atoms with Crippen molar-refractivity contribution in [2.45, 2.75) is 77.2 Å². The van der Waals surface area contributed by atoms with Gasteiger partial charge in [-0.1, -0.05) is 60.1 Å². The molecule has 11 rings (SSSR count). The molecular weight excluding hydrogens is 1100 g/mol. The zero-order valence-electron chi connectivity index (χ0n) is 47.5. The predicted octanol–water partition coefficient (Wildman–Crippen LogP) is 13.0. The number of benzene rings is 5. The maximum absolute atomic E-state index is 18.5. The van der Waals surface area contributed by atoms with Gasteiger partial charge in [0.2, 0.25) is 0 Å². The summed E-state index contributed by atoms with van der Waals surface area (Å²) in [5, 5.41) is 2.84. The number of nitrogens with zero attached hydrogens (tertiary/aromatic N) is 7. The third kappa shape index (κ3) is 12.2. The Hall–Kier alpha value is -8.26. The first-order valence-corrected chi connectivity index (χ1v) is 28.1. The molecule has 3 atom stereocenters. The summed E-state index contributed by atoms with van der Waals surface area (Å²) in [6.07, 6.45) is 1.92. The minimum atomic E-state index is -5.01. The van der Waals surface area contributed by atoms with E-state index in [0.29, 0.717) is 37.8 Å². The third-order valence-electron chi connectivity index (χ3n) is 15.9. The lowest BCUT2D eigenvalue weighted by Gasteiger charge is -2.33. The molecule has 0 bridgehead atoms. The van der Waals surface area contributed by atoms with Crippen LogP contribution in [0.25, 0.3) is 11.3 Å². The molecule has 0 spiro atoms. The highest BCUT2D eigenvalue weighted by Gasteiger charge is 2.43. The zero-order chi connectivity index (χ0) is 58.6. The molecule has 4 aliphatic rings. The number of aromatic nitrogens is 2. The highest BCUT2D eigenvalue weighted by atomic mass is 35.5. The van der Waals surface area contributed by atoms with Crippen molar-refractivity contribution in [2.24, 2.45) is 4.99 Å². The van der Waals surface area contributed by atoms with Gasteiger partial charge in [-0.15, -0.1) is 0 Å². The Bertz CT molecular complexity index is 3440. The van der Waals surface area contributed by atoms with Gasteiger partial charge in [-0.25, -0.2) is 14.4 Å². The van der Waals surface area contributed by atoms with Crippen LogP contribution in [0.2, 0.25) is 5.02 Å². The molecular formula is C64H65ClF4N8O7. The molecule has 438 valence electrons. The van der Waals surface area contributed by atoms with Crippen molar-refractivity contribution < 1.29 is 50.7 Å². The average Bonchev–Trinajstić information content (AvgIpc) is 1.34. The van der Waals surface area contributed by atoms with E-state index in [0.717, 1.165) is 64.4 Å². The number of fused-ring (bicyclic) bond motifs is 1. The molecule has 0 amide bonds. The molecule has 84 heavy (non-hydrogen) atoms. The number of anilines is 3. The lowest BCUT2D eigenvalue weighted by Crippen LogP contribution is -2.46. The first-order chi connectivity index (χ1) is 40.7. The summed E-state index contributed by atoms with van der Waals surface area (Å²) in [5.41, 5.74) is 2.78. The van der Waals surface area contributed by atoms with Crippen LogP contribution in [-0.2, 0) is 41.8 Å². The fraction of sp³-hybridized carbons (Fsp3) is 0.328. The lowest BCUT2D eigenvalue weighted by molar-refractivity contribution is -0.137. The molecule has 6 heterocycles. The molecule has 5 aromatic carbocycles. The molecule has 2 fully saturated rings. The second kappa shape index (κ2) is 24.9. The summed E-state index contributed by atoms with van der Waals surface area (Å²) in [7, 11) is 6.40. The van der Waals surface area contributed by atoms with E-state index < -0.39 is 40.6 Å². The van der Waals surface area contributed by atoms with E-state index in [1.807, 2.05) is 102 Å². The molecule has 20 heteroatoms.